The van der Waals surface area contributed by atoms with Gasteiger partial charge in [-0.3, -0.25) is 0 Å². The molecule has 0 unspecified atom stereocenters. The fourth-order valence-corrected chi connectivity index (χ4v) is 1.92. The number of benzene rings is 1. The third kappa shape index (κ3) is 1.92. The number of rotatable bonds is 0. The fourth-order valence-electron chi connectivity index (χ4n) is 0.498. The smallest absolute Gasteiger partial charge is 0.138 e. The van der Waals surface area contributed by atoms with Crippen LogP contribution in [0, 0.1) is 9.39 Å². The van der Waals surface area contributed by atoms with Gasteiger partial charge >= 0.3 is 0 Å². The Bertz CT molecular complexity index is 212. The van der Waals surface area contributed by atoms with Gasteiger partial charge in [-0.1, -0.05) is 0 Å². The van der Waals surface area contributed by atoms with Gasteiger partial charge in [0, 0.05) is 8.04 Å². The second kappa shape index (κ2) is 3.49. The molecule has 0 bridgehead atoms. The minimum Gasteiger partial charge on any atom is -0.206 e. The maximum atomic E-state index is 12.7. The van der Waals surface area contributed by atoms with E-state index in [1.165, 1.54) is 6.07 Å². The van der Waals surface area contributed by atoms with Crippen molar-refractivity contribution >= 4 is 54.5 Å². The third-order valence-electron chi connectivity index (χ3n) is 0.963. The third-order valence-corrected chi connectivity index (χ3v) is 3.86. The molecule has 0 nitrogen and oxygen atoms in total. The lowest BCUT2D eigenvalue weighted by atomic mass is 10.4. The van der Waals surface area contributed by atoms with Crippen LogP contribution < -0.4 is 0 Å². The van der Waals surface area contributed by atoms with Gasteiger partial charge in [0.15, 0.2) is 0 Å². The second-order valence-corrected chi connectivity index (χ2v) is 4.55. The molecule has 0 atom stereocenters. The first-order valence-electron chi connectivity index (χ1n) is 2.41. The molecular weight excluding hydrogens is 378 g/mol. The van der Waals surface area contributed by atoms with Crippen molar-refractivity contribution in [2.75, 3.05) is 0 Å². The van der Waals surface area contributed by atoms with E-state index in [4.69, 9.17) is 0 Å². The van der Waals surface area contributed by atoms with E-state index >= 15 is 0 Å². The zero-order valence-electron chi connectivity index (χ0n) is 4.67. The molecule has 0 amide bonds. The molecule has 0 saturated carbocycles. The molecule has 0 heterocycles. The van der Waals surface area contributed by atoms with E-state index < -0.39 is 0 Å². The van der Waals surface area contributed by atoms with Crippen LogP contribution in [0.5, 0.6) is 0 Å². The maximum absolute atomic E-state index is 12.7. The minimum absolute atomic E-state index is 0.229. The molecule has 10 heavy (non-hydrogen) atoms. The molecule has 0 aliphatic heterocycles. The van der Waals surface area contributed by atoms with Gasteiger partial charge in [-0.2, -0.15) is 0 Å². The average molecular weight is 380 g/mol. The van der Waals surface area contributed by atoms with Crippen LogP contribution in [0.3, 0.4) is 0 Å². The monoisotopic (exact) mass is 378 g/mol. The Morgan fingerprint density at radius 1 is 1.20 bits per heavy atom. The zero-order chi connectivity index (χ0) is 7.72. The molecule has 54 valence electrons. The normalized spacial score (nSPS) is 10.0. The molecule has 0 spiro atoms. The summed E-state index contributed by atoms with van der Waals surface area (Å²) < 4.78 is 15.0. The molecule has 0 aliphatic carbocycles. The molecule has 0 fully saturated rings. The van der Waals surface area contributed by atoms with Crippen molar-refractivity contribution in [3.63, 3.8) is 0 Å². The highest BCUT2D eigenvalue weighted by Gasteiger charge is 2.02. The van der Waals surface area contributed by atoms with Crippen molar-refractivity contribution < 1.29 is 4.39 Å². The Balaban J connectivity index is 3.28. The van der Waals surface area contributed by atoms with Gasteiger partial charge in [-0.25, -0.2) is 4.39 Å². The first-order chi connectivity index (χ1) is 4.61. The summed E-state index contributed by atoms with van der Waals surface area (Å²) in [7, 11) is 0. The van der Waals surface area contributed by atoms with Crippen molar-refractivity contribution in [1.29, 1.82) is 0 Å². The van der Waals surface area contributed by atoms with Gasteiger partial charge in [-0.05, 0) is 66.6 Å². The van der Waals surface area contributed by atoms with Crippen LogP contribution in [0.1, 0.15) is 0 Å². The minimum atomic E-state index is -0.229. The van der Waals surface area contributed by atoms with Gasteiger partial charge in [0.25, 0.3) is 0 Å². The standard InChI is InChI=1S/C6H2Br2FI/c7-3-1-4(8)6(10)2-5(3)9/h1-2H. The lowest BCUT2D eigenvalue weighted by Gasteiger charge is -1.97. The molecule has 1 rings (SSSR count). The number of hydrogen-bond acceptors (Lipinski definition) is 0. The Morgan fingerprint density at radius 3 is 2.30 bits per heavy atom. The van der Waals surface area contributed by atoms with Crippen molar-refractivity contribution in [2.45, 2.75) is 0 Å². The van der Waals surface area contributed by atoms with Gasteiger partial charge in [0.05, 0.1) is 4.47 Å². The van der Waals surface area contributed by atoms with Gasteiger partial charge in [0.1, 0.15) is 5.82 Å². The van der Waals surface area contributed by atoms with E-state index in [1.807, 2.05) is 0 Å². The van der Waals surface area contributed by atoms with Crippen molar-refractivity contribution in [1.82, 2.24) is 0 Å². The van der Waals surface area contributed by atoms with Crippen molar-refractivity contribution in [2.24, 2.45) is 0 Å². The Morgan fingerprint density at radius 2 is 1.80 bits per heavy atom. The molecule has 4 heteroatoms. The van der Waals surface area contributed by atoms with E-state index in [9.17, 15) is 4.39 Å². The highest BCUT2D eigenvalue weighted by Crippen LogP contribution is 2.25. The summed E-state index contributed by atoms with van der Waals surface area (Å²) in [5, 5.41) is 0. The van der Waals surface area contributed by atoms with Crippen molar-refractivity contribution in [3.05, 3.63) is 30.5 Å². The summed E-state index contributed by atoms with van der Waals surface area (Å²) in [6.07, 6.45) is 0. The quantitative estimate of drug-likeness (QED) is 0.473. The predicted molar refractivity (Wildman–Crippen MR) is 54.5 cm³/mol. The summed E-state index contributed by atoms with van der Waals surface area (Å²) in [4.78, 5) is 0. The van der Waals surface area contributed by atoms with E-state index in [1.54, 1.807) is 6.07 Å². The van der Waals surface area contributed by atoms with Crippen LogP contribution in [0.2, 0.25) is 0 Å². The number of halogens is 4. The van der Waals surface area contributed by atoms with Crippen LogP contribution in [0.15, 0.2) is 21.1 Å². The van der Waals surface area contributed by atoms with E-state index in [2.05, 4.69) is 54.5 Å². The summed E-state index contributed by atoms with van der Waals surface area (Å²) in [5.41, 5.74) is 0. The Hall–Kier alpha value is 0.840. The van der Waals surface area contributed by atoms with Crippen molar-refractivity contribution in [3.8, 4) is 0 Å². The van der Waals surface area contributed by atoms with Crippen LogP contribution in [0.4, 0.5) is 4.39 Å². The largest absolute Gasteiger partial charge is 0.206 e. The summed E-state index contributed by atoms with van der Waals surface area (Å²) in [6.45, 7) is 0. The molecular formula is C6H2Br2FI. The first-order valence-corrected chi connectivity index (χ1v) is 5.08. The molecule has 1 aromatic rings. The zero-order valence-corrected chi connectivity index (χ0v) is 10.00. The average Bonchev–Trinajstić information content (AvgIpc) is 1.84. The van der Waals surface area contributed by atoms with Gasteiger partial charge < -0.3 is 0 Å². The highest BCUT2D eigenvalue weighted by atomic mass is 127. The van der Waals surface area contributed by atoms with Crippen LogP contribution in [-0.4, -0.2) is 0 Å². The summed E-state index contributed by atoms with van der Waals surface area (Å²) in [6, 6.07) is 3.16. The molecule has 0 radical (unpaired) electrons. The SMILES string of the molecule is Fc1cc(I)c(Br)cc1Br. The van der Waals surface area contributed by atoms with Crippen LogP contribution in [0.25, 0.3) is 0 Å². The topological polar surface area (TPSA) is 0 Å². The van der Waals surface area contributed by atoms with E-state index in [0.29, 0.717) is 4.47 Å². The van der Waals surface area contributed by atoms with Gasteiger partial charge in [0.2, 0.25) is 0 Å². The maximum Gasteiger partial charge on any atom is 0.138 e. The van der Waals surface area contributed by atoms with Crippen LogP contribution in [-0.2, 0) is 0 Å². The van der Waals surface area contributed by atoms with E-state index in [0.717, 1.165) is 8.04 Å². The molecule has 0 saturated heterocycles. The first kappa shape index (κ1) is 8.93. The molecule has 0 N–H and O–H groups in total. The summed E-state index contributed by atoms with van der Waals surface area (Å²) in [5.74, 6) is -0.229. The predicted octanol–water partition coefficient (Wildman–Crippen LogP) is 3.96. The van der Waals surface area contributed by atoms with E-state index in [-0.39, 0.29) is 5.82 Å². The number of hydrogen-bond donors (Lipinski definition) is 0. The second-order valence-electron chi connectivity index (χ2n) is 1.68. The van der Waals surface area contributed by atoms with Crippen LogP contribution >= 0.6 is 54.5 Å². The van der Waals surface area contributed by atoms with Gasteiger partial charge in [-0.15, -0.1) is 0 Å². The Labute approximate surface area is 88.6 Å². The lowest BCUT2D eigenvalue weighted by molar-refractivity contribution is 0.619. The Kier molecular flexibility index (Phi) is 3.12. The highest BCUT2D eigenvalue weighted by molar-refractivity contribution is 14.1. The lowest BCUT2D eigenvalue weighted by Crippen LogP contribution is -1.80. The molecule has 1 aromatic carbocycles. The summed E-state index contributed by atoms with van der Waals surface area (Å²) >= 11 is 8.41. The molecule has 0 aliphatic rings. The molecule has 0 aromatic heterocycles. The fraction of sp³-hybridized carbons (Fsp3) is 0.